The van der Waals surface area contributed by atoms with Gasteiger partial charge in [0.2, 0.25) is 5.79 Å². The highest BCUT2D eigenvalue weighted by atomic mass is 16.7. The van der Waals surface area contributed by atoms with E-state index in [0.29, 0.717) is 0 Å². The van der Waals surface area contributed by atoms with Crippen molar-refractivity contribution in [1.82, 2.24) is 9.55 Å². The van der Waals surface area contributed by atoms with Crippen LogP contribution in [0.25, 0.3) is 0 Å². The van der Waals surface area contributed by atoms with Gasteiger partial charge in [-0.25, -0.2) is 9.59 Å². The first-order valence-electron chi connectivity index (χ1n) is 6.67. The summed E-state index contributed by atoms with van der Waals surface area (Å²) in [5.74, 6) is -3.73. The van der Waals surface area contributed by atoms with Crippen molar-refractivity contribution in [2.45, 2.75) is 42.9 Å². The number of hydrogen-bond donors (Lipinski definition) is 5. The SMILES string of the molecule is O=C(O)[C@H]1O[C@@H]2[C@H](O)[C@H](O[C@@]2(O)Cn2ccc(=O)[nH]c2=O)[C@@H]1O. The first-order chi connectivity index (χ1) is 10.7. The van der Waals surface area contributed by atoms with Crippen LogP contribution in [-0.4, -0.2) is 72.3 Å². The molecular formula is C12H14N2O9. The molecule has 5 N–H and O–H groups in total. The summed E-state index contributed by atoms with van der Waals surface area (Å²) in [4.78, 5) is 35.7. The zero-order chi connectivity index (χ0) is 16.9. The van der Waals surface area contributed by atoms with Crippen LogP contribution in [0.2, 0.25) is 0 Å². The van der Waals surface area contributed by atoms with Gasteiger partial charge in [0.1, 0.15) is 24.4 Å². The molecule has 0 aromatic carbocycles. The smallest absolute Gasteiger partial charge is 0.335 e. The van der Waals surface area contributed by atoms with Crippen molar-refractivity contribution in [3.8, 4) is 0 Å². The van der Waals surface area contributed by atoms with E-state index in [2.05, 4.69) is 0 Å². The molecule has 0 aliphatic carbocycles. The summed E-state index contributed by atoms with van der Waals surface area (Å²) in [5, 5.41) is 39.4. The van der Waals surface area contributed by atoms with Crippen LogP contribution in [0.15, 0.2) is 21.9 Å². The molecule has 2 aliphatic heterocycles. The highest BCUT2D eigenvalue weighted by Crippen LogP contribution is 2.40. The fourth-order valence-corrected chi connectivity index (χ4v) is 2.83. The average Bonchev–Trinajstić information content (AvgIpc) is 2.62. The van der Waals surface area contributed by atoms with Crippen LogP contribution in [0.4, 0.5) is 0 Å². The van der Waals surface area contributed by atoms with E-state index in [9.17, 15) is 29.7 Å². The molecule has 23 heavy (non-hydrogen) atoms. The van der Waals surface area contributed by atoms with Gasteiger partial charge in [0, 0.05) is 12.3 Å². The molecule has 0 radical (unpaired) electrons. The van der Waals surface area contributed by atoms with E-state index in [1.165, 1.54) is 0 Å². The van der Waals surface area contributed by atoms with E-state index < -0.39 is 60.1 Å². The van der Waals surface area contributed by atoms with Crippen LogP contribution in [0.5, 0.6) is 0 Å². The van der Waals surface area contributed by atoms with Crippen molar-refractivity contribution < 1.29 is 34.7 Å². The molecule has 3 rings (SSSR count). The van der Waals surface area contributed by atoms with Crippen molar-refractivity contribution in [2.24, 2.45) is 0 Å². The highest BCUT2D eigenvalue weighted by molar-refractivity contribution is 5.73. The fraction of sp³-hybridized carbons (Fsp3) is 0.583. The maximum atomic E-state index is 11.7. The molecular weight excluding hydrogens is 316 g/mol. The van der Waals surface area contributed by atoms with Crippen molar-refractivity contribution >= 4 is 5.97 Å². The van der Waals surface area contributed by atoms with E-state index in [4.69, 9.17) is 14.6 Å². The maximum absolute atomic E-state index is 11.7. The van der Waals surface area contributed by atoms with Crippen LogP contribution in [-0.2, 0) is 20.8 Å². The van der Waals surface area contributed by atoms with Gasteiger partial charge in [0.05, 0.1) is 6.54 Å². The lowest BCUT2D eigenvalue weighted by atomic mass is 9.95. The van der Waals surface area contributed by atoms with Crippen LogP contribution in [0, 0.1) is 0 Å². The molecule has 1 aromatic rings. The Hall–Kier alpha value is -2.05. The molecule has 6 atom stereocenters. The number of aliphatic hydroxyl groups is 3. The molecule has 1 aromatic heterocycles. The number of fused-ring (bicyclic) bond motifs is 2. The first-order valence-corrected chi connectivity index (χ1v) is 6.67. The van der Waals surface area contributed by atoms with Crippen molar-refractivity contribution in [3.63, 3.8) is 0 Å². The fourth-order valence-electron chi connectivity index (χ4n) is 2.83. The van der Waals surface area contributed by atoms with Gasteiger partial charge in [-0.05, 0) is 0 Å². The zero-order valence-corrected chi connectivity index (χ0v) is 11.5. The van der Waals surface area contributed by atoms with Gasteiger partial charge in [-0.2, -0.15) is 0 Å². The Morgan fingerprint density at radius 2 is 2.04 bits per heavy atom. The number of ether oxygens (including phenoxy) is 2. The minimum Gasteiger partial charge on any atom is -0.479 e. The van der Waals surface area contributed by atoms with Crippen LogP contribution < -0.4 is 11.2 Å². The number of aliphatic carboxylic acids is 1. The summed E-state index contributed by atoms with van der Waals surface area (Å²) >= 11 is 0. The summed E-state index contributed by atoms with van der Waals surface area (Å²) in [5.41, 5.74) is -1.47. The lowest BCUT2D eigenvalue weighted by Gasteiger charge is -2.34. The van der Waals surface area contributed by atoms with Crippen molar-refractivity contribution in [2.75, 3.05) is 0 Å². The Labute approximate surface area is 127 Å². The number of hydrogen-bond acceptors (Lipinski definition) is 8. The largest absolute Gasteiger partial charge is 0.479 e. The summed E-state index contributed by atoms with van der Waals surface area (Å²) in [6.45, 7) is -0.542. The molecule has 0 unspecified atom stereocenters. The molecule has 126 valence electrons. The molecule has 2 saturated heterocycles. The maximum Gasteiger partial charge on any atom is 0.335 e. The van der Waals surface area contributed by atoms with E-state index in [-0.39, 0.29) is 0 Å². The molecule has 2 aliphatic rings. The molecule has 2 bridgehead atoms. The summed E-state index contributed by atoms with van der Waals surface area (Å²) in [7, 11) is 0. The van der Waals surface area contributed by atoms with E-state index in [1.807, 2.05) is 4.98 Å². The van der Waals surface area contributed by atoms with Gasteiger partial charge in [-0.15, -0.1) is 0 Å². The number of nitrogens with one attached hydrogen (secondary N) is 1. The Morgan fingerprint density at radius 3 is 2.65 bits per heavy atom. The molecule has 2 fully saturated rings. The minimum atomic E-state index is -2.25. The summed E-state index contributed by atoms with van der Waals surface area (Å²) < 4.78 is 11.1. The van der Waals surface area contributed by atoms with Gasteiger partial charge in [-0.1, -0.05) is 0 Å². The Balaban J connectivity index is 1.92. The standard InChI is InChI=1S/C12H14N2O9/c15-4-1-2-14(11(20)13-4)3-12(21)9-6(17)7(23-12)5(16)8(22-9)10(18)19/h1-2,5-9,16-17,21H,3H2,(H,18,19)(H,13,15,20)/t5-,6+,7+,8-,9+,12-/m0/s1. The quantitative estimate of drug-likeness (QED) is 0.372. The Kier molecular flexibility index (Phi) is 3.61. The highest BCUT2D eigenvalue weighted by Gasteiger charge is 2.63. The predicted molar refractivity (Wildman–Crippen MR) is 69.5 cm³/mol. The summed E-state index contributed by atoms with van der Waals surface area (Å²) in [6.07, 6.45) is -6.64. The third kappa shape index (κ3) is 2.48. The third-order valence-electron chi connectivity index (χ3n) is 3.91. The number of H-pyrrole nitrogens is 1. The zero-order valence-electron chi connectivity index (χ0n) is 11.5. The van der Waals surface area contributed by atoms with Gasteiger partial charge in [0.15, 0.2) is 6.10 Å². The average molecular weight is 330 g/mol. The lowest BCUT2D eigenvalue weighted by Crippen LogP contribution is -2.58. The molecule has 11 nitrogen and oxygen atoms in total. The topological polar surface area (TPSA) is 171 Å². The monoisotopic (exact) mass is 330 g/mol. The van der Waals surface area contributed by atoms with Crippen molar-refractivity contribution in [3.05, 3.63) is 33.1 Å². The number of aliphatic hydroxyl groups excluding tert-OH is 2. The van der Waals surface area contributed by atoms with E-state index >= 15 is 0 Å². The Bertz CT molecular complexity index is 743. The first kappa shape index (κ1) is 15.8. The number of rotatable bonds is 3. The predicted octanol–water partition coefficient (Wildman–Crippen LogP) is -3.80. The third-order valence-corrected chi connectivity index (χ3v) is 3.91. The molecule has 11 heteroatoms. The van der Waals surface area contributed by atoms with Gasteiger partial charge >= 0.3 is 11.7 Å². The van der Waals surface area contributed by atoms with E-state index in [0.717, 1.165) is 16.8 Å². The van der Waals surface area contributed by atoms with E-state index in [1.54, 1.807) is 0 Å². The normalized spacial score (nSPS) is 39.3. The molecule has 0 spiro atoms. The Morgan fingerprint density at radius 1 is 1.35 bits per heavy atom. The van der Waals surface area contributed by atoms with Crippen LogP contribution in [0.3, 0.4) is 0 Å². The second-order valence-corrected chi connectivity index (χ2v) is 5.46. The second kappa shape index (κ2) is 5.25. The number of aromatic amines is 1. The number of carbonyl (C=O) groups is 1. The van der Waals surface area contributed by atoms with Crippen molar-refractivity contribution in [1.29, 1.82) is 0 Å². The van der Waals surface area contributed by atoms with Gasteiger partial charge in [0.25, 0.3) is 5.56 Å². The second-order valence-electron chi connectivity index (χ2n) is 5.46. The number of nitrogens with zero attached hydrogens (tertiary/aromatic N) is 1. The molecule has 0 amide bonds. The number of carboxylic acid groups (broad SMARTS) is 1. The summed E-state index contributed by atoms with van der Waals surface area (Å²) in [6, 6.07) is 1.04. The molecule has 0 saturated carbocycles. The van der Waals surface area contributed by atoms with Crippen LogP contribution in [0.1, 0.15) is 0 Å². The minimum absolute atomic E-state index is 0.542. The van der Waals surface area contributed by atoms with Gasteiger partial charge < -0.3 is 29.9 Å². The van der Waals surface area contributed by atoms with Gasteiger partial charge in [-0.3, -0.25) is 14.3 Å². The molecule has 3 heterocycles. The van der Waals surface area contributed by atoms with Crippen LogP contribution >= 0.6 is 0 Å². The lowest BCUT2D eigenvalue weighted by molar-refractivity contribution is -0.236. The number of carboxylic acids is 1. The number of aromatic nitrogens is 2.